The Bertz CT molecular complexity index is 622. The van der Waals surface area contributed by atoms with Gasteiger partial charge in [-0.2, -0.15) is 0 Å². The molecule has 0 radical (unpaired) electrons. The topological polar surface area (TPSA) is 105 Å². The number of nitrogens with zero attached hydrogens (tertiary/aromatic N) is 3. The number of piperidine rings is 1. The predicted octanol–water partition coefficient (Wildman–Crippen LogP) is 0.875. The van der Waals surface area contributed by atoms with Gasteiger partial charge in [0.25, 0.3) is 0 Å². The molecule has 0 aliphatic carbocycles. The molecule has 8 nitrogen and oxygen atoms in total. The molecule has 1 amide bonds. The number of carbonyl (C=O) groups excluding carboxylic acids is 1. The molecule has 1 aromatic rings. The van der Waals surface area contributed by atoms with Crippen molar-refractivity contribution in [3.05, 3.63) is 23.9 Å². The first-order chi connectivity index (χ1) is 13.2. The van der Waals surface area contributed by atoms with E-state index < -0.39 is 0 Å². The van der Waals surface area contributed by atoms with E-state index in [1.54, 1.807) is 13.3 Å². The third-order valence-corrected chi connectivity index (χ3v) is 4.56. The van der Waals surface area contributed by atoms with Gasteiger partial charge in [-0.05, 0) is 32.3 Å². The van der Waals surface area contributed by atoms with Crippen LogP contribution in [0.4, 0.5) is 5.82 Å². The number of nitrogens with two attached hydrogens (primary N) is 1. The van der Waals surface area contributed by atoms with Crippen molar-refractivity contribution in [2.75, 3.05) is 44.8 Å². The van der Waals surface area contributed by atoms with Gasteiger partial charge in [0.2, 0.25) is 5.91 Å². The Morgan fingerprint density at radius 2 is 2.33 bits per heavy atom. The molecule has 27 heavy (non-hydrogen) atoms. The molecule has 4 N–H and O–H groups in total. The van der Waals surface area contributed by atoms with Crippen molar-refractivity contribution < 1.29 is 9.53 Å². The monoisotopic (exact) mass is 376 g/mol. The van der Waals surface area contributed by atoms with E-state index in [9.17, 15) is 4.79 Å². The summed E-state index contributed by atoms with van der Waals surface area (Å²) in [6.07, 6.45) is 4.49. The van der Waals surface area contributed by atoms with Crippen LogP contribution in [0.25, 0.3) is 0 Å². The summed E-state index contributed by atoms with van der Waals surface area (Å²) >= 11 is 0. The van der Waals surface area contributed by atoms with Crippen molar-refractivity contribution in [1.82, 2.24) is 15.6 Å². The molecule has 0 saturated carbocycles. The third kappa shape index (κ3) is 6.71. The van der Waals surface area contributed by atoms with Crippen LogP contribution >= 0.6 is 0 Å². The van der Waals surface area contributed by atoms with Gasteiger partial charge in [0, 0.05) is 51.7 Å². The summed E-state index contributed by atoms with van der Waals surface area (Å²) in [6.45, 7) is 6.37. The number of pyridine rings is 1. The molecule has 1 fully saturated rings. The summed E-state index contributed by atoms with van der Waals surface area (Å²) in [7, 11) is 1.70. The maximum Gasteiger partial charge on any atom is 0.222 e. The number of methoxy groups -OCH3 is 1. The lowest BCUT2D eigenvalue weighted by atomic mass is 9.97. The fourth-order valence-corrected chi connectivity index (χ4v) is 3.17. The number of primary amides is 1. The molecule has 1 aliphatic heterocycles. The van der Waals surface area contributed by atoms with Crippen LogP contribution in [0.5, 0.6) is 0 Å². The molecule has 1 atom stereocenters. The zero-order valence-electron chi connectivity index (χ0n) is 16.4. The molecular weight excluding hydrogens is 344 g/mol. The van der Waals surface area contributed by atoms with Crippen LogP contribution in [0.2, 0.25) is 0 Å². The summed E-state index contributed by atoms with van der Waals surface area (Å²) in [6, 6.07) is 3.96. The minimum absolute atomic E-state index is 0.114. The number of nitrogens with one attached hydrogen (secondary N) is 2. The highest BCUT2D eigenvalue weighted by Crippen LogP contribution is 2.24. The van der Waals surface area contributed by atoms with Crippen LogP contribution in [0.15, 0.2) is 23.3 Å². The molecule has 2 rings (SSSR count). The molecule has 8 heteroatoms. The first-order valence-corrected chi connectivity index (χ1v) is 9.65. The lowest BCUT2D eigenvalue weighted by Gasteiger charge is -2.33. The van der Waals surface area contributed by atoms with E-state index in [0.717, 1.165) is 62.8 Å². The van der Waals surface area contributed by atoms with Crippen LogP contribution in [0, 0.1) is 5.92 Å². The predicted molar refractivity (Wildman–Crippen MR) is 108 cm³/mol. The number of hydrogen-bond acceptors (Lipinski definition) is 5. The highest BCUT2D eigenvalue weighted by molar-refractivity contribution is 5.80. The van der Waals surface area contributed by atoms with E-state index >= 15 is 0 Å². The van der Waals surface area contributed by atoms with Crippen LogP contribution in [-0.4, -0.2) is 56.7 Å². The van der Waals surface area contributed by atoms with Gasteiger partial charge in [0.15, 0.2) is 5.96 Å². The number of amides is 1. The number of anilines is 1. The Balaban J connectivity index is 2.05. The van der Waals surface area contributed by atoms with Gasteiger partial charge >= 0.3 is 0 Å². The van der Waals surface area contributed by atoms with E-state index in [1.807, 2.05) is 19.1 Å². The zero-order chi connectivity index (χ0) is 19.5. The number of carbonyl (C=O) groups is 1. The first-order valence-electron chi connectivity index (χ1n) is 9.65. The molecular formula is C19H32N6O2. The number of guanidine groups is 1. The summed E-state index contributed by atoms with van der Waals surface area (Å²) in [5, 5.41) is 6.56. The standard InChI is InChI=1S/C19H32N6O2/c1-3-21-19(23-10-6-12-27-2)24-13-15-7-4-9-22-18(15)25-11-5-8-16(14-25)17(20)26/h4,7,9,16H,3,5-6,8,10-14H2,1-2H3,(H2,20,26)(H2,21,23,24). The molecule has 0 spiro atoms. The first kappa shape index (κ1) is 21.0. The fraction of sp³-hybridized carbons (Fsp3) is 0.632. The van der Waals surface area contributed by atoms with Crippen LogP contribution in [-0.2, 0) is 16.1 Å². The Labute approximate surface area is 161 Å². The average Bonchev–Trinajstić information content (AvgIpc) is 2.69. The quantitative estimate of drug-likeness (QED) is 0.336. The molecule has 1 unspecified atom stereocenters. The molecule has 0 bridgehead atoms. The lowest BCUT2D eigenvalue weighted by molar-refractivity contribution is -0.122. The summed E-state index contributed by atoms with van der Waals surface area (Å²) in [5.74, 6) is 1.32. The Hall–Kier alpha value is -2.35. The number of ether oxygens (including phenoxy) is 1. The number of aromatic nitrogens is 1. The smallest absolute Gasteiger partial charge is 0.222 e. The van der Waals surface area contributed by atoms with Crippen molar-refractivity contribution in [3.63, 3.8) is 0 Å². The summed E-state index contributed by atoms with van der Waals surface area (Å²) in [5.41, 5.74) is 6.55. The Morgan fingerprint density at radius 1 is 1.48 bits per heavy atom. The lowest BCUT2D eigenvalue weighted by Crippen LogP contribution is -2.42. The van der Waals surface area contributed by atoms with Crippen LogP contribution < -0.4 is 21.3 Å². The second kappa shape index (κ2) is 11.4. The summed E-state index contributed by atoms with van der Waals surface area (Å²) < 4.78 is 5.07. The van der Waals surface area contributed by atoms with Crippen LogP contribution in [0.1, 0.15) is 31.7 Å². The molecule has 2 heterocycles. The fourth-order valence-electron chi connectivity index (χ4n) is 3.17. The highest BCUT2D eigenvalue weighted by Gasteiger charge is 2.25. The molecule has 150 valence electrons. The molecule has 1 aliphatic rings. The second-order valence-electron chi connectivity index (χ2n) is 6.64. The Morgan fingerprint density at radius 3 is 3.07 bits per heavy atom. The minimum Gasteiger partial charge on any atom is -0.385 e. The molecule has 0 aromatic carbocycles. The molecule has 1 saturated heterocycles. The van der Waals surface area contributed by atoms with E-state index in [1.165, 1.54) is 0 Å². The van der Waals surface area contributed by atoms with Crippen molar-refractivity contribution in [1.29, 1.82) is 0 Å². The van der Waals surface area contributed by atoms with Crippen molar-refractivity contribution in [2.24, 2.45) is 16.6 Å². The number of rotatable bonds is 9. The minimum atomic E-state index is -0.232. The van der Waals surface area contributed by atoms with E-state index in [4.69, 9.17) is 10.5 Å². The van der Waals surface area contributed by atoms with Gasteiger partial charge in [-0.25, -0.2) is 9.98 Å². The van der Waals surface area contributed by atoms with Crippen molar-refractivity contribution in [3.8, 4) is 0 Å². The normalized spacial score (nSPS) is 17.6. The maximum atomic E-state index is 11.6. The number of hydrogen-bond donors (Lipinski definition) is 3. The largest absolute Gasteiger partial charge is 0.385 e. The van der Waals surface area contributed by atoms with Gasteiger partial charge in [-0.1, -0.05) is 6.07 Å². The SMILES string of the molecule is CCNC(=NCc1cccnc1N1CCCC(C(N)=O)C1)NCCCOC. The van der Waals surface area contributed by atoms with Crippen molar-refractivity contribution in [2.45, 2.75) is 32.7 Å². The van der Waals surface area contributed by atoms with Gasteiger partial charge < -0.3 is 26.0 Å². The Kier molecular flexibility index (Phi) is 8.83. The van der Waals surface area contributed by atoms with Gasteiger partial charge in [-0.15, -0.1) is 0 Å². The number of aliphatic imine (C=N–C) groups is 1. The zero-order valence-corrected chi connectivity index (χ0v) is 16.4. The van der Waals surface area contributed by atoms with E-state index in [2.05, 4.69) is 25.5 Å². The van der Waals surface area contributed by atoms with Gasteiger partial charge in [0.05, 0.1) is 12.5 Å². The summed E-state index contributed by atoms with van der Waals surface area (Å²) in [4.78, 5) is 23.0. The van der Waals surface area contributed by atoms with Gasteiger partial charge in [0.1, 0.15) is 5.82 Å². The second-order valence-corrected chi connectivity index (χ2v) is 6.64. The van der Waals surface area contributed by atoms with Gasteiger partial charge in [-0.3, -0.25) is 4.79 Å². The average molecular weight is 377 g/mol. The van der Waals surface area contributed by atoms with E-state index in [0.29, 0.717) is 13.1 Å². The van der Waals surface area contributed by atoms with Crippen molar-refractivity contribution >= 4 is 17.7 Å². The van der Waals surface area contributed by atoms with E-state index in [-0.39, 0.29) is 11.8 Å². The molecule has 1 aromatic heterocycles. The third-order valence-electron chi connectivity index (χ3n) is 4.56. The maximum absolute atomic E-state index is 11.6. The van der Waals surface area contributed by atoms with Crippen LogP contribution in [0.3, 0.4) is 0 Å². The highest BCUT2D eigenvalue weighted by atomic mass is 16.5.